The van der Waals surface area contributed by atoms with E-state index in [1.807, 2.05) is 6.92 Å². The normalized spacial score (nSPS) is 21.6. The molecule has 8 nitrogen and oxygen atoms in total. The predicted octanol–water partition coefficient (Wildman–Crippen LogP) is 1.08. The molecular weight excluding hydrogens is 362 g/mol. The van der Waals surface area contributed by atoms with E-state index in [1.165, 1.54) is 0 Å². The van der Waals surface area contributed by atoms with Gasteiger partial charge in [0, 0.05) is 45.8 Å². The summed E-state index contributed by atoms with van der Waals surface area (Å²) in [5.41, 5.74) is -0.507. The third-order valence-corrected chi connectivity index (χ3v) is 5.77. The number of aliphatic hydroxyl groups is 1. The van der Waals surface area contributed by atoms with Crippen molar-refractivity contribution in [3.63, 3.8) is 0 Å². The van der Waals surface area contributed by atoms with Gasteiger partial charge in [0.05, 0.1) is 19.3 Å². The van der Waals surface area contributed by atoms with Gasteiger partial charge in [0.1, 0.15) is 11.2 Å². The van der Waals surface area contributed by atoms with Gasteiger partial charge < -0.3 is 24.4 Å². The van der Waals surface area contributed by atoms with Crippen LogP contribution in [-0.4, -0.2) is 83.3 Å². The Bertz CT molecular complexity index is 703. The van der Waals surface area contributed by atoms with Gasteiger partial charge in [-0.1, -0.05) is 0 Å². The fourth-order valence-electron chi connectivity index (χ4n) is 4.11. The first kappa shape index (κ1) is 20.5. The zero-order valence-corrected chi connectivity index (χ0v) is 16.6. The van der Waals surface area contributed by atoms with Crippen LogP contribution in [0.5, 0.6) is 5.88 Å². The largest absolute Gasteiger partial charge is 0.477 e. The summed E-state index contributed by atoms with van der Waals surface area (Å²) >= 11 is 0. The summed E-state index contributed by atoms with van der Waals surface area (Å²) in [6, 6.07) is 3.29. The molecule has 1 aromatic rings. The number of aromatic nitrogens is 1. The molecule has 0 spiro atoms. The van der Waals surface area contributed by atoms with Crippen LogP contribution >= 0.6 is 0 Å². The topological polar surface area (TPSA) is 92.2 Å². The van der Waals surface area contributed by atoms with E-state index in [0.717, 1.165) is 12.8 Å². The second-order valence-corrected chi connectivity index (χ2v) is 7.26. The van der Waals surface area contributed by atoms with Crippen LogP contribution in [0.1, 0.15) is 43.0 Å². The maximum atomic E-state index is 13.2. The molecule has 1 atom stereocenters. The number of aliphatic hydroxyl groups excluding tert-OH is 1. The van der Waals surface area contributed by atoms with E-state index in [1.54, 1.807) is 35.2 Å². The maximum absolute atomic E-state index is 13.2. The third-order valence-electron chi connectivity index (χ3n) is 5.77. The SMILES string of the molecule is CCOc1ncccc1C(=O)N1CCC(OC)(C(=O)N2CCC[C@@H]2CO)CC1. The minimum Gasteiger partial charge on any atom is -0.477 e. The number of rotatable bonds is 6. The van der Waals surface area contributed by atoms with Gasteiger partial charge in [-0.2, -0.15) is 0 Å². The van der Waals surface area contributed by atoms with Gasteiger partial charge in [-0.25, -0.2) is 4.98 Å². The summed E-state index contributed by atoms with van der Waals surface area (Å²) in [4.78, 5) is 33.7. The van der Waals surface area contributed by atoms with Crippen molar-refractivity contribution in [2.45, 2.75) is 44.2 Å². The summed E-state index contributed by atoms with van der Waals surface area (Å²) < 4.78 is 11.2. The summed E-state index contributed by atoms with van der Waals surface area (Å²) in [7, 11) is 1.55. The lowest BCUT2D eigenvalue weighted by molar-refractivity contribution is -0.162. The fraction of sp³-hybridized carbons (Fsp3) is 0.650. The quantitative estimate of drug-likeness (QED) is 0.780. The molecule has 1 N–H and O–H groups in total. The van der Waals surface area contributed by atoms with Crippen molar-refractivity contribution in [1.82, 2.24) is 14.8 Å². The van der Waals surface area contributed by atoms with Gasteiger partial charge in [-0.3, -0.25) is 9.59 Å². The lowest BCUT2D eigenvalue weighted by atomic mass is 9.89. The molecule has 0 aliphatic carbocycles. The van der Waals surface area contributed by atoms with E-state index in [-0.39, 0.29) is 24.5 Å². The Morgan fingerprint density at radius 3 is 2.71 bits per heavy atom. The summed E-state index contributed by atoms with van der Waals surface area (Å²) in [6.07, 6.45) is 4.15. The Hall–Kier alpha value is -2.19. The molecule has 28 heavy (non-hydrogen) atoms. The Kier molecular flexibility index (Phi) is 6.51. The van der Waals surface area contributed by atoms with Crippen LogP contribution in [0.3, 0.4) is 0 Å². The zero-order valence-electron chi connectivity index (χ0n) is 16.6. The molecule has 2 fully saturated rings. The van der Waals surface area contributed by atoms with Crippen molar-refractivity contribution >= 4 is 11.8 Å². The van der Waals surface area contributed by atoms with Gasteiger partial charge in [-0.05, 0) is 31.9 Å². The van der Waals surface area contributed by atoms with Crippen molar-refractivity contribution < 1.29 is 24.2 Å². The first-order chi connectivity index (χ1) is 13.6. The molecule has 8 heteroatoms. The van der Waals surface area contributed by atoms with Gasteiger partial charge in [0.2, 0.25) is 5.88 Å². The van der Waals surface area contributed by atoms with Crippen LogP contribution in [-0.2, 0) is 9.53 Å². The highest BCUT2D eigenvalue weighted by atomic mass is 16.5. The maximum Gasteiger partial charge on any atom is 0.259 e. The molecule has 3 heterocycles. The standard InChI is InChI=1S/C20H29N3O5/c1-3-28-17-16(7-4-10-21-17)18(25)22-12-8-20(27-2,9-13-22)19(26)23-11-5-6-15(23)14-24/h4,7,10,15,24H,3,5-6,8-9,11-14H2,1-2H3/t15-/m1/s1. The first-order valence-electron chi connectivity index (χ1n) is 9.90. The molecule has 154 valence electrons. The van der Waals surface area contributed by atoms with Crippen LogP contribution in [0.4, 0.5) is 0 Å². The van der Waals surface area contributed by atoms with Gasteiger partial charge in [-0.15, -0.1) is 0 Å². The first-order valence-corrected chi connectivity index (χ1v) is 9.90. The van der Waals surface area contributed by atoms with Crippen molar-refractivity contribution in [2.24, 2.45) is 0 Å². The number of methoxy groups -OCH3 is 1. The summed E-state index contributed by atoms with van der Waals surface area (Å²) in [5.74, 6) is 0.107. The molecule has 2 aliphatic heterocycles. The smallest absolute Gasteiger partial charge is 0.259 e. The second-order valence-electron chi connectivity index (χ2n) is 7.26. The number of amides is 2. The number of ether oxygens (including phenoxy) is 2. The second kappa shape index (κ2) is 8.87. The van der Waals surface area contributed by atoms with Crippen LogP contribution in [0, 0.1) is 0 Å². The van der Waals surface area contributed by atoms with Crippen LogP contribution in [0.2, 0.25) is 0 Å². The highest BCUT2D eigenvalue weighted by molar-refractivity contribution is 5.96. The molecule has 2 saturated heterocycles. The van der Waals surface area contributed by atoms with Crippen molar-refractivity contribution in [1.29, 1.82) is 0 Å². The van der Waals surface area contributed by atoms with Crippen molar-refractivity contribution in [3.05, 3.63) is 23.9 Å². The third kappa shape index (κ3) is 3.84. The van der Waals surface area contributed by atoms with E-state index in [4.69, 9.17) is 9.47 Å². The highest BCUT2D eigenvalue weighted by Gasteiger charge is 2.47. The molecule has 0 bridgehead atoms. The molecular formula is C20H29N3O5. The van der Waals surface area contributed by atoms with Gasteiger partial charge >= 0.3 is 0 Å². The molecule has 0 unspecified atom stereocenters. The predicted molar refractivity (Wildman–Crippen MR) is 102 cm³/mol. The minimum atomic E-state index is -0.938. The van der Waals surface area contributed by atoms with Crippen molar-refractivity contribution in [3.8, 4) is 5.88 Å². The number of hydrogen-bond acceptors (Lipinski definition) is 6. The molecule has 0 aromatic carbocycles. The Balaban J connectivity index is 1.70. The lowest BCUT2D eigenvalue weighted by Gasteiger charge is -2.42. The van der Waals surface area contributed by atoms with E-state index in [0.29, 0.717) is 50.5 Å². The van der Waals surface area contributed by atoms with Crippen molar-refractivity contribution in [2.75, 3.05) is 40.0 Å². The molecule has 0 saturated carbocycles. The van der Waals surface area contributed by atoms with Crippen LogP contribution in [0.15, 0.2) is 18.3 Å². The molecule has 0 radical (unpaired) electrons. The number of carbonyl (C=O) groups is 2. The number of piperidine rings is 1. The van der Waals surface area contributed by atoms with E-state index >= 15 is 0 Å². The molecule has 3 rings (SSSR count). The zero-order chi connectivity index (χ0) is 20.1. The summed E-state index contributed by atoms with van der Waals surface area (Å²) in [6.45, 7) is 3.72. The number of carbonyl (C=O) groups excluding carboxylic acids is 2. The van der Waals surface area contributed by atoms with E-state index in [9.17, 15) is 14.7 Å². The number of nitrogens with zero attached hydrogens (tertiary/aromatic N) is 3. The highest BCUT2D eigenvalue weighted by Crippen LogP contribution is 2.32. The monoisotopic (exact) mass is 391 g/mol. The van der Waals surface area contributed by atoms with Gasteiger partial charge in [0.15, 0.2) is 0 Å². The Morgan fingerprint density at radius 2 is 2.07 bits per heavy atom. The number of likely N-dealkylation sites (tertiary alicyclic amines) is 2. The average molecular weight is 391 g/mol. The molecule has 2 aliphatic rings. The van der Waals surface area contributed by atoms with Crippen LogP contribution in [0.25, 0.3) is 0 Å². The lowest BCUT2D eigenvalue weighted by Crippen LogP contribution is -2.58. The van der Waals surface area contributed by atoms with Gasteiger partial charge in [0.25, 0.3) is 11.8 Å². The number of pyridine rings is 1. The Labute approximate surface area is 165 Å². The van der Waals surface area contributed by atoms with Crippen LogP contribution < -0.4 is 4.74 Å². The molecule has 1 aromatic heterocycles. The van der Waals surface area contributed by atoms with E-state index in [2.05, 4.69) is 4.98 Å². The Morgan fingerprint density at radius 1 is 1.32 bits per heavy atom. The minimum absolute atomic E-state index is 0.0304. The average Bonchev–Trinajstić information content (AvgIpc) is 3.22. The fourth-order valence-corrected chi connectivity index (χ4v) is 4.11. The molecule has 2 amide bonds. The van der Waals surface area contributed by atoms with E-state index < -0.39 is 5.60 Å². The number of hydrogen-bond donors (Lipinski definition) is 1. The summed E-state index contributed by atoms with van der Waals surface area (Å²) in [5, 5.41) is 9.55.